The van der Waals surface area contributed by atoms with Crippen molar-refractivity contribution in [3.63, 3.8) is 0 Å². The second-order valence-corrected chi connectivity index (χ2v) is 4.95. The van der Waals surface area contributed by atoms with Crippen molar-refractivity contribution in [3.8, 4) is 0 Å². The fourth-order valence-corrected chi connectivity index (χ4v) is 2.93. The van der Waals surface area contributed by atoms with Gasteiger partial charge in [-0.1, -0.05) is 35.2 Å². The molecule has 1 saturated carbocycles. The lowest BCUT2D eigenvalue weighted by Gasteiger charge is -2.16. The largest absolute Gasteiger partial charge is 0.469 e. The van der Waals surface area contributed by atoms with E-state index in [1.165, 1.54) is 32.1 Å². The second kappa shape index (κ2) is 4.32. The van der Waals surface area contributed by atoms with E-state index < -0.39 is 0 Å². The molecule has 1 aliphatic rings. The molecule has 1 fully saturated rings. The molecule has 0 amide bonds. The minimum atomic E-state index is 0.595. The predicted molar refractivity (Wildman–Crippen MR) is 57.2 cm³/mol. The number of rotatable bonds is 1. The molecule has 2 heteroatoms. The zero-order valence-corrected chi connectivity index (χ0v) is 9.29. The molecule has 0 spiro atoms. The van der Waals surface area contributed by atoms with E-state index in [4.69, 9.17) is 4.42 Å². The molecule has 13 heavy (non-hydrogen) atoms. The highest BCUT2D eigenvalue weighted by Gasteiger charge is 2.24. The number of hydrogen-bond acceptors (Lipinski definition) is 1. The topological polar surface area (TPSA) is 13.1 Å². The first kappa shape index (κ1) is 9.32. The van der Waals surface area contributed by atoms with Crippen LogP contribution in [0.25, 0.3) is 0 Å². The Kier molecular flexibility index (Phi) is 3.09. The van der Waals surface area contributed by atoms with E-state index >= 15 is 0 Å². The fraction of sp³-hybridized carbons (Fsp3) is 0.636. The molecule has 0 aliphatic heterocycles. The van der Waals surface area contributed by atoms with Crippen LogP contribution in [-0.4, -0.2) is 4.83 Å². The van der Waals surface area contributed by atoms with E-state index in [0.717, 1.165) is 5.76 Å². The predicted octanol–water partition coefficient (Wildman–Crippen LogP) is 4.09. The fourth-order valence-electron chi connectivity index (χ4n) is 2.09. The third kappa shape index (κ3) is 2.16. The third-order valence-corrected chi connectivity index (χ3v) is 3.94. The van der Waals surface area contributed by atoms with Crippen LogP contribution in [0.1, 0.15) is 43.8 Å². The smallest absolute Gasteiger partial charge is 0.107 e. The van der Waals surface area contributed by atoms with Gasteiger partial charge in [-0.05, 0) is 25.0 Å². The molecule has 0 aromatic carbocycles. The molecule has 0 radical (unpaired) electrons. The summed E-state index contributed by atoms with van der Waals surface area (Å²) in [5.74, 6) is 1.75. The third-order valence-electron chi connectivity index (χ3n) is 2.84. The van der Waals surface area contributed by atoms with Gasteiger partial charge in [0.15, 0.2) is 0 Å². The van der Waals surface area contributed by atoms with E-state index in [-0.39, 0.29) is 0 Å². The number of halogens is 1. The van der Waals surface area contributed by atoms with Gasteiger partial charge in [-0.15, -0.1) is 0 Å². The summed E-state index contributed by atoms with van der Waals surface area (Å²) in [7, 11) is 0. The second-order valence-electron chi connectivity index (χ2n) is 3.78. The summed E-state index contributed by atoms with van der Waals surface area (Å²) in [6, 6.07) is 4.09. The summed E-state index contributed by atoms with van der Waals surface area (Å²) in [6.45, 7) is 0. The van der Waals surface area contributed by atoms with Gasteiger partial charge in [0.05, 0.1) is 6.26 Å². The molecule has 72 valence electrons. The first-order valence-corrected chi connectivity index (χ1v) is 5.97. The highest BCUT2D eigenvalue weighted by Crippen LogP contribution is 2.36. The molecule has 0 N–H and O–H groups in total. The standard InChI is InChI=1S/C11H15BrO/c12-10-6-3-1-2-5-9(10)11-7-4-8-13-11/h4,7-10H,1-3,5-6H2. The van der Waals surface area contributed by atoms with Crippen molar-refractivity contribution in [2.45, 2.75) is 42.8 Å². The van der Waals surface area contributed by atoms with Gasteiger partial charge in [-0.3, -0.25) is 0 Å². The van der Waals surface area contributed by atoms with Gasteiger partial charge in [0.25, 0.3) is 0 Å². The Labute approximate surface area is 87.6 Å². The minimum absolute atomic E-state index is 0.595. The summed E-state index contributed by atoms with van der Waals surface area (Å²) in [4.78, 5) is 0.612. The number of alkyl halides is 1. The van der Waals surface area contributed by atoms with E-state index in [1.54, 1.807) is 6.26 Å². The van der Waals surface area contributed by atoms with Crippen LogP contribution in [0.2, 0.25) is 0 Å². The van der Waals surface area contributed by atoms with Crippen molar-refractivity contribution in [1.82, 2.24) is 0 Å². The average Bonchev–Trinajstić information content (AvgIpc) is 2.56. The molecule has 1 heterocycles. The Bertz CT molecular complexity index is 243. The van der Waals surface area contributed by atoms with Gasteiger partial charge in [-0.25, -0.2) is 0 Å². The maximum Gasteiger partial charge on any atom is 0.107 e. The van der Waals surface area contributed by atoms with Crippen molar-refractivity contribution < 1.29 is 4.42 Å². The van der Waals surface area contributed by atoms with E-state index in [0.29, 0.717) is 10.7 Å². The summed E-state index contributed by atoms with van der Waals surface area (Å²) in [6.07, 6.45) is 8.40. The molecule has 0 saturated heterocycles. The maximum absolute atomic E-state index is 5.47. The molecule has 0 bridgehead atoms. The monoisotopic (exact) mass is 242 g/mol. The van der Waals surface area contributed by atoms with Crippen LogP contribution < -0.4 is 0 Å². The van der Waals surface area contributed by atoms with Gasteiger partial charge in [0, 0.05) is 10.7 Å². The first-order chi connectivity index (χ1) is 6.38. The zero-order chi connectivity index (χ0) is 9.10. The van der Waals surface area contributed by atoms with Crippen molar-refractivity contribution >= 4 is 15.9 Å². The van der Waals surface area contributed by atoms with Gasteiger partial charge >= 0.3 is 0 Å². The number of furan rings is 1. The maximum atomic E-state index is 5.47. The molecule has 2 unspecified atom stereocenters. The van der Waals surface area contributed by atoms with Gasteiger partial charge in [0.2, 0.25) is 0 Å². The highest BCUT2D eigenvalue weighted by molar-refractivity contribution is 9.09. The summed E-state index contributed by atoms with van der Waals surface area (Å²) < 4.78 is 5.47. The van der Waals surface area contributed by atoms with Crippen LogP contribution >= 0.6 is 15.9 Å². The quantitative estimate of drug-likeness (QED) is 0.534. The molecule has 2 atom stereocenters. The normalized spacial score (nSPS) is 29.9. The van der Waals surface area contributed by atoms with E-state index in [2.05, 4.69) is 22.0 Å². The summed E-state index contributed by atoms with van der Waals surface area (Å²) in [5, 5.41) is 0. The summed E-state index contributed by atoms with van der Waals surface area (Å²) in [5.41, 5.74) is 0. The van der Waals surface area contributed by atoms with Crippen LogP contribution in [-0.2, 0) is 0 Å². The van der Waals surface area contributed by atoms with Crippen molar-refractivity contribution in [1.29, 1.82) is 0 Å². The van der Waals surface area contributed by atoms with Crippen molar-refractivity contribution in [2.24, 2.45) is 0 Å². The van der Waals surface area contributed by atoms with Crippen LogP contribution in [0.3, 0.4) is 0 Å². The van der Waals surface area contributed by atoms with Crippen molar-refractivity contribution in [3.05, 3.63) is 24.2 Å². The van der Waals surface area contributed by atoms with E-state index in [9.17, 15) is 0 Å². The lowest BCUT2D eigenvalue weighted by Crippen LogP contribution is -2.09. The lowest BCUT2D eigenvalue weighted by molar-refractivity contribution is 0.442. The molecule has 2 rings (SSSR count). The Morgan fingerprint density at radius 3 is 2.85 bits per heavy atom. The van der Waals surface area contributed by atoms with Crippen LogP contribution in [0, 0.1) is 0 Å². The summed E-state index contributed by atoms with van der Waals surface area (Å²) >= 11 is 3.77. The molecule has 1 aromatic rings. The van der Waals surface area contributed by atoms with E-state index in [1.807, 2.05) is 6.07 Å². The van der Waals surface area contributed by atoms with Crippen LogP contribution in [0.5, 0.6) is 0 Å². The van der Waals surface area contributed by atoms with Crippen molar-refractivity contribution in [2.75, 3.05) is 0 Å². The molecule has 1 aromatic heterocycles. The Hall–Kier alpha value is -0.240. The molecule has 1 aliphatic carbocycles. The molecule has 1 nitrogen and oxygen atoms in total. The number of hydrogen-bond donors (Lipinski definition) is 0. The minimum Gasteiger partial charge on any atom is -0.469 e. The Morgan fingerprint density at radius 2 is 2.08 bits per heavy atom. The van der Waals surface area contributed by atoms with Gasteiger partial charge in [-0.2, -0.15) is 0 Å². The SMILES string of the molecule is BrC1CCCCCC1c1ccco1. The first-order valence-electron chi connectivity index (χ1n) is 5.05. The Balaban J connectivity index is 2.11. The average molecular weight is 243 g/mol. The molecular formula is C11H15BrO. The molecular weight excluding hydrogens is 228 g/mol. The Morgan fingerprint density at radius 1 is 1.23 bits per heavy atom. The van der Waals surface area contributed by atoms with Crippen LogP contribution in [0.4, 0.5) is 0 Å². The zero-order valence-electron chi connectivity index (χ0n) is 7.71. The highest BCUT2D eigenvalue weighted by atomic mass is 79.9. The van der Waals surface area contributed by atoms with Gasteiger partial charge in [0.1, 0.15) is 5.76 Å². The van der Waals surface area contributed by atoms with Crippen LogP contribution in [0.15, 0.2) is 22.8 Å². The lowest BCUT2D eigenvalue weighted by atomic mass is 9.98. The van der Waals surface area contributed by atoms with Gasteiger partial charge < -0.3 is 4.42 Å².